The minimum Gasteiger partial charge on any atom is -0.388 e. The zero-order valence-electron chi connectivity index (χ0n) is 13.8. The highest BCUT2D eigenvalue weighted by Gasteiger charge is 2.35. The van der Waals surface area contributed by atoms with Crippen LogP contribution in [0.25, 0.3) is 10.6 Å². The molecule has 1 aromatic heterocycles. The molecule has 2 bridgehead atoms. The molecule has 5 rings (SSSR count). The quantitative estimate of drug-likeness (QED) is 0.897. The van der Waals surface area contributed by atoms with Crippen molar-refractivity contribution in [1.29, 1.82) is 0 Å². The summed E-state index contributed by atoms with van der Waals surface area (Å²) in [7, 11) is 1.90. The molecule has 2 aromatic rings. The lowest BCUT2D eigenvalue weighted by Gasteiger charge is -2.44. The Kier molecular flexibility index (Phi) is 4.24. The number of piperidine rings is 3. The summed E-state index contributed by atoms with van der Waals surface area (Å²) in [6.07, 6.45) is 4.11. The van der Waals surface area contributed by atoms with Gasteiger partial charge < -0.3 is 15.5 Å². The lowest BCUT2D eigenvalue weighted by Crippen LogP contribution is -2.57. The van der Waals surface area contributed by atoms with Gasteiger partial charge in [0.05, 0.1) is 6.20 Å². The fraction of sp³-hybridized carbons (Fsp3) is 0.444. The second kappa shape index (κ2) is 6.53. The summed E-state index contributed by atoms with van der Waals surface area (Å²) >= 11 is 1.46. The summed E-state index contributed by atoms with van der Waals surface area (Å²) in [5, 5.41) is 7.24. The van der Waals surface area contributed by atoms with E-state index in [4.69, 9.17) is 0 Å². The van der Waals surface area contributed by atoms with Gasteiger partial charge in [0.1, 0.15) is 9.88 Å². The summed E-state index contributed by atoms with van der Waals surface area (Å²) < 4.78 is 0. The summed E-state index contributed by atoms with van der Waals surface area (Å²) in [6.45, 7) is 3.36. The van der Waals surface area contributed by atoms with Gasteiger partial charge in [-0.1, -0.05) is 12.1 Å². The molecule has 0 radical (unpaired) electrons. The van der Waals surface area contributed by atoms with Crippen LogP contribution < -0.4 is 10.6 Å². The molecular weight excluding hydrogens is 320 g/mol. The van der Waals surface area contributed by atoms with E-state index < -0.39 is 0 Å². The van der Waals surface area contributed by atoms with E-state index in [1.54, 1.807) is 6.20 Å². The predicted molar refractivity (Wildman–Crippen MR) is 97.5 cm³/mol. The number of aromatic nitrogens is 1. The number of carbonyl (C=O) groups excluding carboxylic acids is 1. The summed E-state index contributed by atoms with van der Waals surface area (Å²) in [5.74, 6) is 0.654. The van der Waals surface area contributed by atoms with Crippen LogP contribution in [0.5, 0.6) is 0 Å². The molecule has 3 saturated heterocycles. The van der Waals surface area contributed by atoms with Gasteiger partial charge in [0.25, 0.3) is 5.91 Å². The van der Waals surface area contributed by atoms with E-state index in [0.29, 0.717) is 10.8 Å². The second-order valence-electron chi connectivity index (χ2n) is 6.58. The first-order valence-corrected chi connectivity index (χ1v) is 9.32. The number of rotatable bonds is 4. The van der Waals surface area contributed by atoms with E-state index in [9.17, 15) is 4.79 Å². The molecule has 2 N–H and O–H groups in total. The fourth-order valence-corrected chi connectivity index (χ4v) is 4.50. The highest BCUT2D eigenvalue weighted by Crippen LogP contribution is 2.29. The van der Waals surface area contributed by atoms with Gasteiger partial charge in [-0.25, -0.2) is 4.98 Å². The van der Waals surface area contributed by atoms with Crippen molar-refractivity contribution >= 4 is 22.9 Å². The molecule has 5 nitrogen and oxygen atoms in total. The lowest BCUT2D eigenvalue weighted by molar-refractivity contribution is 0.0622. The SMILES string of the molecule is CNc1cccc(-c2ncc(C(=O)N[C@H]3CN4CCC3CC4)s2)c1. The van der Waals surface area contributed by atoms with Gasteiger partial charge in [-0.3, -0.25) is 4.79 Å². The summed E-state index contributed by atoms with van der Waals surface area (Å²) in [6, 6.07) is 8.37. The Bertz CT molecular complexity index is 736. The highest BCUT2D eigenvalue weighted by molar-refractivity contribution is 7.16. The van der Waals surface area contributed by atoms with Gasteiger partial charge in [0.15, 0.2) is 0 Å². The number of nitrogens with one attached hydrogen (secondary N) is 2. The van der Waals surface area contributed by atoms with E-state index in [1.165, 1.54) is 37.3 Å². The third-order valence-corrected chi connectivity index (χ3v) is 6.15. The van der Waals surface area contributed by atoms with Crippen molar-refractivity contribution < 1.29 is 4.79 Å². The first kappa shape index (κ1) is 15.6. The van der Waals surface area contributed by atoms with Gasteiger partial charge >= 0.3 is 0 Å². The number of carbonyl (C=O) groups is 1. The van der Waals surface area contributed by atoms with Crippen LogP contribution in [0.3, 0.4) is 0 Å². The van der Waals surface area contributed by atoms with Crippen LogP contribution in [0.15, 0.2) is 30.5 Å². The average molecular weight is 342 g/mol. The van der Waals surface area contributed by atoms with E-state index in [1.807, 2.05) is 31.3 Å². The van der Waals surface area contributed by atoms with Gasteiger partial charge in [-0.15, -0.1) is 11.3 Å². The third-order valence-electron chi connectivity index (χ3n) is 5.10. The van der Waals surface area contributed by atoms with Crippen molar-refractivity contribution in [2.45, 2.75) is 18.9 Å². The Morgan fingerprint density at radius 1 is 1.33 bits per heavy atom. The number of hydrogen-bond acceptors (Lipinski definition) is 5. The Balaban J connectivity index is 1.47. The normalized spacial score (nSPS) is 25.5. The fourth-order valence-electron chi connectivity index (χ4n) is 3.69. The molecule has 0 unspecified atom stereocenters. The first-order chi connectivity index (χ1) is 11.7. The molecular formula is C18H22N4OS. The van der Waals surface area contributed by atoms with E-state index in [0.717, 1.165) is 22.8 Å². The van der Waals surface area contributed by atoms with Crippen LogP contribution in [0.4, 0.5) is 5.69 Å². The minimum atomic E-state index is 0.0160. The average Bonchev–Trinajstić information content (AvgIpc) is 3.13. The molecule has 6 heteroatoms. The van der Waals surface area contributed by atoms with Crippen LogP contribution in [-0.4, -0.2) is 48.5 Å². The topological polar surface area (TPSA) is 57.3 Å². The Labute approximate surface area is 146 Å². The molecule has 1 atom stereocenters. The minimum absolute atomic E-state index is 0.0160. The molecule has 126 valence electrons. The van der Waals surface area contributed by atoms with Gasteiger partial charge in [0.2, 0.25) is 0 Å². The largest absolute Gasteiger partial charge is 0.388 e. The molecule has 1 amide bonds. The van der Waals surface area contributed by atoms with Crippen molar-refractivity contribution in [3.05, 3.63) is 35.3 Å². The van der Waals surface area contributed by atoms with Gasteiger partial charge in [-0.05, 0) is 44.0 Å². The van der Waals surface area contributed by atoms with Crippen LogP contribution in [0.1, 0.15) is 22.5 Å². The third kappa shape index (κ3) is 3.03. The molecule has 3 fully saturated rings. The number of nitrogens with zero attached hydrogens (tertiary/aromatic N) is 2. The van der Waals surface area contributed by atoms with E-state index >= 15 is 0 Å². The predicted octanol–water partition coefficient (Wildman–Crippen LogP) is 2.68. The number of fused-ring (bicyclic) bond motifs is 3. The molecule has 3 aliphatic heterocycles. The zero-order chi connectivity index (χ0) is 16.5. The van der Waals surface area contributed by atoms with Crippen molar-refractivity contribution in [1.82, 2.24) is 15.2 Å². The van der Waals surface area contributed by atoms with Crippen LogP contribution in [-0.2, 0) is 0 Å². The van der Waals surface area contributed by atoms with Crippen LogP contribution >= 0.6 is 11.3 Å². The standard InChI is InChI=1S/C18H22N4OS/c1-19-14-4-2-3-13(9-14)18-20-10-16(24-18)17(23)21-15-11-22-7-5-12(15)6-8-22/h2-4,9-10,12,15,19H,5-8,11H2,1H3,(H,21,23)/t15-/m0/s1. The van der Waals surface area contributed by atoms with Crippen LogP contribution in [0, 0.1) is 5.92 Å². The van der Waals surface area contributed by atoms with Gasteiger partial charge in [-0.2, -0.15) is 0 Å². The Hall–Kier alpha value is -1.92. The number of anilines is 1. The maximum absolute atomic E-state index is 12.6. The van der Waals surface area contributed by atoms with Crippen molar-refractivity contribution in [2.75, 3.05) is 32.0 Å². The Morgan fingerprint density at radius 3 is 2.88 bits per heavy atom. The Morgan fingerprint density at radius 2 is 2.17 bits per heavy atom. The summed E-state index contributed by atoms with van der Waals surface area (Å²) in [4.78, 5) is 20.2. The first-order valence-electron chi connectivity index (χ1n) is 8.50. The monoisotopic (exact) mass is 342 g/mol. The molecule has 0 saturated carbocycles. The zero-order valence-corrected chi connectivity index (χ0v) is 14.6. The summed E-state index contributed by atoms with van der Waals surface area (Å²) in [5.41, 5.74) is 2.08. The van der Waals surface area contributed by atoms with E-state index in [2.05, 4.69) is 20.5 Å². The second-order valence-corrected chi connectivity index (χ2v) is 7.61. The number of hydrogen-bond donors (Lipinski definition) is 2. The molecule has 1 aromatic carbocycles. The lowest BCUT2D eigenvalue weighted by atomic mass is 9.84. The van der Waals surface area contributed by atoms with Crippen molar-refractivity contribution in [2.24, 2.45) is 5.92 Å². The number of thiazole rings is 1. The number of amides is 1. The van der Waals surface area contributed by atoms with Gasteiger partial charge in [0, 0.05) is 30.9 Å². The maximum Gasteiger partial charge on any atom is 0.263 e. The number of benzene rings is 1. The van der Waals surface area contributed by atoms with Crippen molar-refractivity contribution in [3.8, 4) is 10.6 Å². The van der Waals surface area contributed by atoms with E-state index in [-0.39, 0.29) is 11.9 Å². The van der Waals surface area contributed by atoms with Crippen LogP contribution in [0.2, 0.25) is 0 Å². The smallest absolute Gasteiger partial charge is 0.263 e. The molecule has 0 spiro atoms. The van der Waals surface area contributed by atoms with Crippen molar-refractivity contribution in [3.63, 3.8) is 0 Å². The molecule has 0 aliphatic carbocycles. The molecule has 24 heavy (non-hydrogen) atoms. The molecule has 3 aliphatic rings. The highest BCUT2D eigenvalue weighted by atomic mass is 32.1. The maximum atomic E-state index is 12.6. The molecule has 4 heterocycles.